The Kier molecular flexibility index (Phi) is 7.91. The van der Waals surface area contributed by atoms with Crippen LogP contribution in [0.25, 0.3) is 0 Å². The molecule has 0 spiro atoms. The summed E-state index contributed by atoms with van der Waals surface area (Å²) in [5.74, 6) is -8.45. The van der Waals surface area contributed by atoms with Crippen LogP contribution in [-0.4, -0.2) is 66.7 Å². The smallest absolute Gasteiger partial charge is 0.412 e. The molecular formula is C13H18F5NO7S. The van der Waals surface area contributed by atoms with E-state index in [1.165, 1.54) is 13.8 Å². The first-order valence-corrected chi connectivity index (χ1v) is 8.64. The van der Waals surface area contributed by atoms with Crippen molar-refractivity contribution in [2.24, 2.45) is 0 Å². The van der Waals surface area contributed by atoms with E-state index in [0.717, 1.165) is 6.92 Å². The van der Waals surface area contributed by atoms with E-state index < -0.39 is 51.4 Å². The predicted molar refractivity (Wildman–Crippen MR) is 80.1 cm³/mol. The fraction of sp³-hybridized carbons (Fsp3) is 0.692. The highest BCUT2D eigenvalue weighted by Gasteiger charge is 2.68. The second-order valence-electron chi connectivity index (χ2n) is 5.16. The second-order valence-corrected chi connectivity index (χ2v) is 6.71. The van der Waals surface area contributed by atoms with Crippen LogP contribution in [0, 0.1) is 0 Å². The Labute approximate surface area is 151 Å². The molecule has 0 aliphatic heterocycles. The van der Waals surface area contributed by atoms with E-state index in [2.05, 4.69) is 16.1 Å². The molecule has 0 rings (SSSR count). The van der Waals surface area contributed by atoms with Gasteiger partial charge in [-0.2, -0.15) is 30.4 Å². The number of halogens is 5. The zero-order valence-corrected chi connectivity index (χ0v) is 15.3. The Morgan fingerprint density at radius 3 is 1.85 bits per heavy atom. The molecule has 0 aromatic heterocycles. The molecule has 0 heterocycles. The molecule has 0 saturated carbocycles. The number of alkyl halides is 5. The summed E-state index contributed by atoms with van der Waals surface area (Å²) in [5.41, 5.74) is -0.624. The lowest BCUT2D eigenvalue weighted by molar-refractivity contribution is -0.355. The normalized spacial score (nSPS) is 15.0. The van der Waals surface area contributed by atoms with Gasteiger partial charge in [-0.05, 0) is 20.8 Å². The summed E-state index contributed by atoms with van der Waals surface area (Å²) in [7, 11) is -6.18. The minimum absolute atomic E-state index is 0.351. The SMILES string of the molecule is C=C(C)C(=O)OC(OCC(F)(F)S(=O)(=O)O)(C(=O)N(CC)CC)C(F)(F)F. The van der Waals surface area contributed by atoms with Crippen molar-refractivity contribution in [3.05, 3.63) is 12.2 Å². The largest absolute Gasteiger partial charge is 0.466 e. The average molecular weight is 427 g/mol. The molecule has 0 fully saturated rings. The number of esters is 1. The maximum atomic E-state index is 13.6. The maximum absolute atomic E-state index is 13.6. The molecule has 0 radical (unpaired) electrons. The highest BCUT2D eigenvalue weighted by molar-refractivity contribution is 7.86. The van der Waals surface area contributed by atoms with Crippen LogP contribution in [0.15, 0.2) is 12.2 Å². The summed E-state index contributed by atoms with van der Waals surface area (Å²) in [6.07, 6.45) is -5.88. The van der Waals surface area contributed by atoms with Gasteiger partial charge in [-0.15, -0.1) is 0 Å². The van der Waals surface area contributed by atoms with Crippen molar-refractivity contribution in [2.75, 3.05) is 19.7 Å². The Morgan fingerprint density at radius 1 is 1.11 bits per heavy atom. The molecular weight excluding hydrogens is 409 g/mol. The monoisotopic (exact) mass is 427 g/mol. The molecule has 1 atom stereocenters. The molecule has 27 heavy (non-hydrogen) atoms. The Bertz CT molecular complexity index is 688. The van der Waals surface area contributed by atoms with E-state index in [9.17, 15) is 40.0 Å². The fourth-order valence-electron chi connectivity index (χ4n) is 1.59. The van der Waals surface area contributed by atoms with Crippen molar-refractivity contribution in [1.82, 2.24) is 4.90 Å². The zero-order valence-electron chi connectivity index (χ0n) is 14.5. The number of hydrogen-bond donors (Lipinski definition) is 1. The zero-order chi connectivity index (χ0) is 21.8. The number of carbonyl (C=O) groups is 2. The Hall–Kier alpha value is -1.80. The standard InChI is InChI=1S/C13H18F5NO7S/c1-5-19(6-2)10(21)12(13(16,17)18,26-9(20)8(3)4)25-7-11(14,15)27(22,23)24/h3,5-7H2,1-2,4H3,(H,22,23,24). The summed E-state index contributed by atoms with van der Waals surface area (Å²) in [6, 6.07) is 0. The van der Waals surface area contributed by atoms with E-state index in [1.54, 1.807) is 0 Å². The highest BCUT2D eigenvalue weighted by atomic mass is 32.2. The summed E-state index contributed by atoms with van der Waals surface area (Å²) in [4.78, 5) is 24.4. The molecule has 1 amide bonds. The molecule has 0 aromatic carbocycles. The number of ether oxygens (including phenoxy) is 2. The van der Waals surface area contributed by atoms with Crippen molar-refractivity contribution < 1.29 is 54.0 Å². The lowest BCUT2D eigenvalue weighted by Gasteiger charge is -2.36. The van der Waals surface area contributed by atoms with Crippen LogP contribution in [0.5, 0.6) is 0 Å². The quantitative estimate of drug-likeness (QED) is 0.196. The summed E-state index contributed by atoms with van der Waals surface area (Å²) in [5, 5.41) is -5.22. The third-order valence-corrected chi connectivity index (χ3v) is 3.98. The lowest BCUT2D eigenvalue weighted by Crippen LogP contribution is -2.63. The van der Waals surface area contributed by atoms with Crippen LogP contribution in [0.4, 0.5) is 22.0 Å². The van der Waals surface area contributed by atoms with Crippen LogP contribution in [0.3, 0.4) is 0 Å². The van der Waals surface area contributed by atoms with Crippen molar-refractivity contribution in [3.63, 3.8) is 0 Å². The van der Waals surface area contributed by atoms with Gasteiger partial charge in [-0.3, -0.25) is 9.35 Å². The Balaban J connectivity index is 6.35. The molecule has 8 nitrogen and oxygen atoms in total. The van der Waals surface area contributed by atoms with E-state index in [-0.39, 0.29) is 13.1 Å². The van der Waals surface area contributed by atoms with E-state index in [0.29, 0.717) is 4.90 Å². The topological polar surface area (TPSA) is 110 Å². The summed E-state index contributed by atoms with van der Waals surface area (Å²) >= 11 is 0. The van der Waals surface area contributed by atoms with Crippen molar-refractivity contribution >= 4 is 22.0 Å². The highest BCUT2D eigenvalue weighted by Crippen LogP contribution is 2.39. The van der Waals surface area contributed by atoms with Gasteiger partial charge in [0.2, 0.25) is 0 Å². The fourth-order valence-corrected chi connectivity index (χ4v) is 1.80. The van der Waals surface area contributed by atoms with Gasteiger partial charge < -0.3 is 14.4 Å². The van der Waals surface area contributed by atoms with Crippen molar-refractivity contribution in [1.29, 1.82) is 0 Å². The molecule has 0 aliphatic rings. The molecule has 0 aliphatic carbocycles. The van der Waals surface area contributed by atoms with Gasteiger partial charge in [-0.1, -0.05) is 6.58 Å². The van der Waals surface area contributed by atoms with Crippen molar-refractivity contribution in [3.8, 4) is 0 Å². The molecule has 0 saturated heterocycles. The molecule has 0 aromatic rings. The summed E-state index contributed by atoms with van der Waals surface area (Å²) in [6.45, 7) is 3.09. The number of likely N-dealkylation sites (N-methyl/N-ethyl adjacent to an activating group) is 1. The van der Waals surface area contributed by atoms with Crippen LogP contribution in [-0.2, 0) is 29.2 Å². The first-order chi connectivity index (χ1) is 12.0. The molecule has 0 bridgehead atoms. The number of nitrogens with zero attached hydrogens (tertiary/aromatic N) is 1. The molecule has 14 heteroatoms. The number of hydrogen-bond acceptors (Lipinski definition) is 6. The number of carbonyl (C=O) groups excluding carboxylic acids is 2. The van der Waals surface area contributed by atoms with Gasteiger partial charge in [0, 0.05) is 18.7 Å². The lowest BCUT2D eigenvalue weighted by atomic mass is 10.2. The number of rotatable bonds is 9. The minimum Gasteiger partial charge on any atom is -0.412 e. The van der Waals surface area contributed by atoms with Crippen LogP contribution in [0.1, 0.15) is 20.8 Å². The van der Waals surface area contributed by atoms with Gasteiger partial charge >= 0.3 is 39.2 Å². The second kappa shape index (κ2) is 8.48. The first kappa shape index (κ1) is 25.2. The first-order valence-electron chi connectivity index (χ1n) is 7.20. The van der Waals surface area contributed by atoms with Gasteiger partial charge in [0.25, 0.3) is 0 Å². The molecule has 1 unspecified atom stereocenters. The van der Waals surface area contributed by atoms with Gasteiger partial charge in [-0.25, -0.2) is 4.79 Å². The van der Waals surface area contributed by atoms with Crippen LogP contribution < -0.4 is 0 Å². The van der Waals surface area contributed by atoms with Crippen LogP contribution in [0.2, 0.25) is 0 Å². The average Bonchev–Trinajstić information content (AvgIpc) is 2.49. The maximum Gasteiger partial charge on any atom is 0.466 e. The van der Waals surface area contributed by atoms with E-state index >= 15 is 0 Å². The third-order valence-electron chi connectivity index (χ3n) is 3.11. The van der Waals surface area contributed by atoms with Gasteiger partial charge in [0.15, 0.2) is 0 Å². The predicted octanol–water partition coefficient (Wildman–Crippen LogP) is 1.73. The molecule has 1 N–H and O–H groups in total. The Morgan fingerprint density at radius 2 is 1.56 bits per heavy atom. The van der Waals surface area contributed by atoms with E-state index in [1.807, 2.05) is 0 Å². The van der Waals surface area contributed by atoms with Crippen LogP contribution >= 0.6 is 0 Å². The minimum atomic E-state index is -6.18. The molecule has 158 valence electrons. The third kappa shape index (κ3) is 5.59. The summed E-state index contributed by atoms with van der Waals surface area (Å²) < 4.78 is 105. The van der Waals surface area contributed by atoms with E-state index in [4.69, 9.17) is 4.55 Å². The van der Waals surface area contributed by atoms with Gasteiger partial charge in [0.05, 0.1) is 0 Å². The number of amides is 1. The van der Waals surface area contributed by atoms with Gasteiger partial charge in [0.1, 0.15) is 6.61 Å². The van der Waals surface area contributed by atoms with Crippen molar-refractivity contribution in [2.45, 2.75) is 38.0 Å².